The Balaban J connectivity index is 2.59. The number of carbonyl (C=O) groups excluding carboxylic acids is 6. The van der Waals surface area contributed by atoms with Gasteiger partial charge in [0.2, 0.25) is 29.5 Å². The van der Waals surface area contributed by atoms with Gasteiger partial charge in [0.1, 0.15) is 6.04 Å². The quantitative estimate of drug-likeness (QED) is 0.146. The molecular formula is C33H53N5O7. The summed E-state index contributed by atoms with van der Waals surface area (Å²) >= 11 is 0. The van der Waals surface area contributed by atoms with Crippen molar-refractivity contribution >= 4 is 35.3 Å². The Morgan fingerprint density at radius 1 is 0.733 bits per heavy atom. The van der Waals surface area contributed by atoms with E-state index >= 15 is 0 Å². The molecule has 0 unspecified atom stereocenters. The third-order valence-corrected chi connectivity index (χ3v) is 7.05. The van der Waals surface area contributed by atoms with Crippen molar-refractivity contribution in [1.82, 2.24) is 26.6 Å². The first-order chi connectivity index (χ1) is 20.9. The van der Waals surface area contributed by atoms with Crippen LogP contribution >= 0.6 is 0 Å². The summed E-state index contributed by atoms with van der Waals surface area (Å²) in [5, 5.41) is 12.6. The number of ether oxygens (including phenoxy) is 1. The van der Waals surface area contributed by atoms with E-state index in [2.05, 4.69) is 40.4 Å². The standard InChI is InChI=1S/C33H53N5O7/c1-22(2)17-33(7,8)45-15-14-32(5,6)31(44)37-20-28(41)35-21-29(42)38-25(16-24-12-10-9-11-13-24)30(43)36-19-27(40)34-18-26(39)23(3)4/h9-13,22-23,25H,14-21H2,1-8H3,(H,34,40)(H,35,41)(H,36,43)(H,37,44)(H,38,42)/t25-/m0/s1. The molecule has 0 radical (unpaired) electrons. The highest BCUT2D eigenvalue weighted by molar-refractivity contribution is 5.94. The molecule has 1 atom stereocenters. The number of carbonyl (C=O) groups is 6. The van der Waals surface area contributed by atoms with Crippen LogP contribution in [0.2, 0.25) is 0 Å². The molecule has 12 heteroatoms. The minimum atomic E-state index is -1.03. The van der Waals surface area contributed by atoms with E-state index in [1.165, 1.54) is 0 Å². The van der Waals surface area contributed by atoms with Crippen LogP contribution in [0, 0.1) is 17.3 Å². The predicted octanol–water partition coefficient (Wildman–Crippen LogP) is 1.66. The highest BCUT2D eigenvalue weighted by Gasteiger charge is 2.29. The third-order valence-electron chi connectivity index (χ3n) is 7.05. The smallest absolute Gasteiger partial charge is 0.243 e. The lowest BCUT2D eigenvalue weighted by Crippen LogP contribution is -2.52. The van der Waals surface area contributed by atoms with Crippen molar-refractivity contribution in [3.63, 3.8) is 0 Å². The Labute approximate surface area is 267 Å². The van der Waals surface area contributed by atoms with Gasteiger partial charge in [-0.2, -0.15) is 0 Å². The second kappa shape index (κ2) is 18.9. The SMILES string of the molecule is CC(C)CC(C)(C)OCCC(C)(C)C(=O)NCC(=O)NCC(=O)N[C@@H](Cc1ccccc1)C(=O)NCC(=O)NCC(=O)C(C)C. The van der Waals surface area contributed by atoms with Crippen LogP contribution in [0.5, 0.6) is 0 Å². The summed E-state index contributed by atoms with van der Waals surface area (Å²) in [6, 6.07) is 7.96. The minimum Gasteiger partial charge on any atom is -0.376 e. The number of Topliss-reactive ketones (excluding diaryl/α,β-unsaturated/α-hetero) is 1. The van der Waals surface area contributed by atoms with Crippen LogP contribution in [0.1, 0.15) is 73.8 Å². The van der Waals surface area contributed by atoms with E-state index in [1.54, 1.807) is 52.0 Å². The first-order valence-corrected chi connectivity index (χ1v) is 15.5. The number of benzene rings is 1. The molecule has 5 N–H and O–H groups in total. The van der Waals surface area contributed by atoms with Gasteiger partial charge in [-0.25, -0.2) is 0 Å². The number of ketones is 1. The summed E-state index contributed by atoms with van der Waals surface area (Å²) in [6.45, 7) is 14.4. The Morgan fingerprint density at radius 3 is 1.87 bits per heavy atom. The molecule has 1 aromatic carbocycles. The van der Waals surface area contributed by atoms with Crippen LogP contribution in [-0.2, 0) is 39.9 Å². The van der Waals surface area contributed by atoms with E-state index < -0.39 is 41.6 Å². The first kappa shape index (κ1) is 39.2. The Hall–Kier alpha value is -3.80. The maximum atomic E-state index is 12.9. The largest absolute Gasteiger partial charge is 0.376 e. The normalized spacial score (nSPS) is 12.3. The van der Waals surface area contributed by atoms with Gasteiger partial charge < -0.3 is 31.3 Å². The van der Waals surface area contributed by atoms with Crippen molar-refractivity contribution in [2.75, 3.05) is 32.8 Å². The summed E-state index contributed by atoms with van der Waals surface area (Å²) in [5.41, 5.74) is -0.302. The van der Waals surface area contributed by atoms with Gasteiger partial charge in [-0.15, -0.1) is 0 Å². The van der Waals surface area contributed by atoms with E-state index in [9.17, 15) is 28.8 Å². The zero-order valence-corrected chi connectivity index (χ0v) is 28.1. The number of hydrogen-bond donors (Lipinski definition) is 5. The van der Waals surface area contributed by atoms with Gasteiger partial charge in [0, 0.05) is 24.4 Å². The lowest BCUT2D eigenvalue weighted by atomic mass is 9.88. The number of amides is 5. The maximum absolute atomic E-state index is 12.9. The molecule has 0 aliphatic heterocycles. The summed E-state index contributed by atoms with van der Waals surface area (Å²) < 4.78 is 5.99. The van der Waals surface area contributed by atoms with Crippen molar-refractivity contribution in [3.8, 4) is 0 Å². The molecule has 45 heavy (non-hydrogen) atoms. The topological polar surface area (TPSA) is 172 Å². The van der Waals surface area contributed by atoms with Crippen LogP contribution in [0.3, 0.4) is 0 Å². The summed E-state index contributed by atoms with van der Waals surface area (Å²) in [6.07, 6.45) is 1.50. The van der Waals surface area contributed by atoms with Gasteiger partial charge in [-0.1, -0.05) is 71.9 Å². The average molecular weight is 632 g/mol. The van der Waals surface area contributed by atoms with Gasteiger partial charge in [0.05, 0.1) is 31.8 Å². The van der Waals surface area contributed by atoms with E-state index in [-0.39, 0.29) is 49.3 Å². The van der Waals surface area contributed by atoms with Crippen molar-refractivity contribution < 1.29 is 33.5 Å². The first-order valence-electron chi connectivity index (χ1n) is 15.5. The highest BCUT2D eigenvalue weighted by Crippen LogP contribution is 2.25. The van der Waals surface area contributed by atoms with E-state index in [0.717, 1.165) is 12.0 Å². The van der Waals surface area contributed by atoms with Gasteiger partial charge in [-0.05, 0) is 38.2 Å². The van der Waals surface area contributed by atoms with E-state index in [1.807, 2.05) is 19.9 Å². The zero-order chi connectivity index (χ0) is 34.2. The van der Waals surface area contributed by atoms with Crippen molar-refractivity contribution in [2.24, 2.45) is 17.3 Å². The predicted molar refractivity (Wildman–Crippen MR) is 172 cm³/mol. The van der Waals surface area contributed by atoms with Crippen LogP contribution in [0.15, 0.2) is 30.3 Å². The molecule has 0 heterocycles. The number of rotatable bonds is 20. The molecule has 0 aliphatic carbocycles. The minimum absolute atomic E-state index is 0.138. The maximum Gasteiger partial charge on any atom is 0.243 e. The summed E-state index contributed by atoms with van der Waals surface area (Å²) in [4.78, 5) is 74.5. The molecule has 0 saturated heterocycles. The molecule has 0 aromatic heterocycles. The fourth-order valence-electron chi connectivity index (χ4n) is 4.43. The summed E-state index contributed by atoms with van der Waals surface area (Å²) in [7, 11) is 0. The second-order valence-electron chi connectivity index (χ2n) is 13.2. The van der Waals surface area contributed by atoms with E-state index in [0.29, 0.717) is 18.9 Å². The van der Waals surface area contributed by atoms with Gasteiger partial charge in [-0.3, -0.25) is 28.8 Å². The Morgan fingerprint density at radius 2 is 1.29 bits per heavy atom. The Bertz CT molecular complexity index is 1150. The van der Waals surface area contributed by atoms with Crippen LogP contribution < -0.4 is 26.6 Å². The fraction of sp³-hybridized carbons (Fsp3) is 0.636. The molecule has 5 amide bonds. The molecule has 0 saturated carbocycles. The van der Waals surface area contributed by atoms with Crippen LogP contribution in [0.4, 0.5) is 0 Å². The molecule has 0 fully saturated rings. The summed E-state index contributed by atoms with van der Waals surface area (Å²) in [5.74, 6) is -2.54. The molecule has 252 valence electrons. The van der Waals surface area contributed by atoms with Gasteiger partial charge in [0.15, 0.2) is 5.78 Å². The zero-order valence-electron chi connectivity index (χ0n) is 28.1. The average Bonchev–Trinajstić information content (AvgIpc) is 2.95. The second-order valence-corrected chi connectivity index (χ2v) is 13.2. The van der Waals surface area contributed by atoms with E-state index in [4.69, 9.17) is 4.74 Å². The van der Waals surface area contributed by atoms with Crippen LogP contribution in [0.25, 0.3) is 0 Å². The van der Waals surface area contributed by atoms with Gasteiger partial charge in [0.25, 0.3) is 0 Å². The van der Waals surface area contributed by atoms with Crippen molar-refractivity contribution in [3.05, 3.63) is 35.9 Å². The molecule has 1 rings (SSSR count). The fourth-order valence-corrected chi connectivity index (χ4v) is 4.43. The molecule has 0 aliphatic rings. The Kier molecular flexibility index (Phi) is 16.5. The molecule has 0 bridgehead atoms. The molecule has 12 nitrogen and oxygen atoms in total. The van der Waals surface area contributed by atoms with Crippen molar-refractivity contribution in [2.45, 2.75) is 86.3 Å². The van der Waals surface area contributed by atoms with Gasteiger partial charge >= 0.3 is 0 Å². The number of nitrogens with one attached hydrogen (secondary N) is 5. The highest BCUT2D eigenvalue weighted by atomic mass is 16.5. The lowest BCUT2D eigenvalue weighted by Gasteiger charge is -2.30. The van der Waals surface area contributed by atoms with Crippen LogP contribution in [-0.4, -0.2) is 79.7 Å². The monoisotopic (exact) mass is 631 g/mol. The van der Waals surface area contributed by atoms with Crippen molar-refractivity contribution in [1.29, 1.82) is 0 Å². The molecule has 0 spiro atoms. The molecule has 1 aromatic rings. The number of hydrogen-bond acceptors (Lipinski definition) is 7. The molecular weight excluding hydrogens is 578 g/mol. The lowest BCUT2D eigenvalue weighted by molar-refractivity contribution is -0.134. The third kappa shape index (κ3) is 16.7.